The van der Waals surface area contributed by atoms with Gasteiger partial charge < -0.3 is 89.9 Å². The van der Waals surface area contributed by atoms with Gasteiger partial charge >= 0.3 is 0 Å². The molecule has 3 rings (SSSR count). The summed E-state index contributed by atoms with van der Waals surface area (Å²) >= 11 is 0. The molecule has 3 fully saturated rings. The molecule has 117 heavy (non-hydrogen) atoms. The van der Waals surface area contributed by atoms with Gasteiger partial charge in [0.05, 0.1) is 38.6 Å². The average molecular weight is 1660 g/mol. The number of ether oxygens (including phenoxy) is 6. The third-order valence-corrected chi connectivity index (χ3v) is 24.6. The van der Waals surface area contributed by atoms with E-state index in [1.807, 2.05) is 6.08 Å². The molecule has 17 atom stereocenters. The van der Waals surface area contributed by atoms with E-state index in [0.717, 1.165) is 44.9 Å². The highest BCUT2D eigenvalue weighted by molar-refractivity contribution is 5.76. The van der Waals surface area contributed by atoms with Crippen LogP contribution in [0.3, 0.4) is 0 Å². The van der Waals surface area contributed by atoms with Gasteiger partial charge in [-0.25, -0.2) is 0 Å². The lowest BCUT2D eigenvalue weighted by Crippen LogP contribution is -2.66. The summed E-state index contributed by atoms with van der Waals surface area (Å²) in [5, 5.41) is 121. The lowest BCUT2D eigenvalue weighted by Gasteiger charge is -2.48. The zero-order chi connectivity index (χ0) is 84.5. The first kappa shape index (κ1) is 109. The second-order valence-electron chi connectivity index (χ2n) is 35.2. The SMILES string of the molecule is CCCCCCC/C=C\C/C=C\CCCCCCCCCCCCCCCCCCCCCCCCCCCCCC(=O)NC(COC1OC(CO)C(OC2OC(CO)C(OC3OC(CO)C(O)C(O)C3O)C(O)C2O)C(O)C1O)C(O)/C=C/CC/C=C/CCCCCCCCCCCCCCCCCCCCCCCCCCCCC. The second-order valence-corrected chi connectivity index (χ2v) is 35.2. The van der Waals surface area contributed by atoms with E-state index in [1.165, 1.54) is 360 Å². The molecule has 0 radical (unpaired) electrons. The van der Waals surface area contributed by atoms with Crippen molar-refractivity contribution in [2.24, 2.45) is 0 Å². The molecule has 0 aromatic heterocycles. The van der Waals surface area contributed by atoms with Crippen molar-refractivity contribution in [2.75, 3.05) is 26.4 Å². The molecule has 0 aromatic carbocycles. The van der Waals surface area contributed by atoms with Crippen LogP contribution in [0.15, 0.2) is 48.6 Å². The summed E-state index contributed by atoms with van der Waals surface area (Å²) in [6.45, 7) is 1.78. The van der Waals surface area contributed by atoms with Crippen LogP contribution in [0.25, 0.3) is 0 Å². The van der Waals surface area contributed by atoms with Gasteiger partial charge in [0.25, 0.3) is 0 Å². The number of unbranched alkanes of at least 4 members (excludes halogenated alkanes) is 60. The minimum absolute atomic E-state index is 0.240. The van der Waals surface area contributed by atoms with Gasteiger partial charge in [-0.1, -0.05) is 416 Å². The van der Waals surface area contributed by atoms with Crippen LogP contribution in [0.1, 0.15) is 438 Å². The number of aliphatic hydroxyl groups is 11. The molecule has 3 aliphatic rings. The molecule has 19 nitrogen and oxygen atoms in total. The van der Waals surface area contributed by atoms with Crippen LogP contribution < -0.4 is 5.32 Å². The van der Waals surface area contributed by atoms with Crippen LogP contribution in [0.2, 0.25) is 0 Å². The average Bonchev–Trinajstić information content (AvgIpc) is 0.777. The standard InChI is InChI=1S/C98H183NO18/c1-3-5-7-9-11-13-15-17-19-21-23-25-27-29-31-33-35-37-38-39-40-41-42-44-46-48-50-52-54-56-58-60-62-64-66-68-70-72-74-76-86(104)99-81(82(103)75-73-71-69-67-65-63-61-59-57-55-53-51-49-47-45-43-36-34-32-30-28-26-24-22-20-18-16-14-12-10-8-6-4-2)80-112-96-92(110)89(107)94(84(78-101)114-96)117-98-93(111)90(108)95(85(79-102)115-98)116-97-91(109)88(106)87(105)83(77-100)113-97/h15,17,21,23,65,67,73,75,81-85,87-98,100-103,105-111H,3-14,16,18-20,22,24-64,66,68-72,74,76-80H2,1-2H3,(H,99,104)/b17-15-,23-21-,67-65+,75-73+. The molecule has 0 bridgehead atoms. The van der Waals surface area contributed by atoms with Gasteiger partial charge in [0.2, 0.25) is 5.91 Å². The molecular formula is C98H183NO18. The fourth-order valence-electron chi connectivity index (χ4n) is 16.8. The Morgan fingerprint density at radius 2 is 0.573 bits per heavy atom. The lowest BCUT2D eigenvalue weighted by atomic mass is 9.96. The van der Waals surface area contributed by atoms with E-state index in [1.54, 1.807) is 6.08 Å². The van der Waals surface area contributed by atoms with Gasteiger partial charge in [-0.05, 0) is 64.2 Å². The van der Waals surface area contributed by atoms with Crippen molar-refractivity contribution in [3.05, 3.63) is 48.6 Å². The molecule has 3 aliphatic heterocycles. The first-order chi connectivity index (χ1) is 57.3. The predicted octanol–water partition coefficient (Wildman–Crippen LogP) is 20.3. The van der Waals surface area contributed by atoms with Crippen LogP contribution in [0, 0.1) is 0 Å². The van der Waals surface area contributed by atoms with Crippen molar-refractivity contribution in [3.8, 4) is 0 Å². The highest BCUT2D eigenvalue weighted by Crippen LogP contribution is 2.34. The number of hydrogen-bond donors (Lipinski definition) is 12. The van der Waals surface area contributed by atoms with E-state index in [2.05, 4.69) is 55.6 Å². The summed E-state index contributed by atoms with van der Waals surface area (Å²) in [7, 11) is 0. The monoisotopic (exact) mass is 1660 g/mol. The van der Waals surface area contributed by atoms with Crippen molar-refractivity contribution in [1.29, 1.82) is 0 Å². The van der Waals surface area contributed by atoms with E-state index in [-0.39, 0.29) is 18.9 Å². The van der Waals surface area contributed by atoms with Crippen LogP contribution in [0.5, 0.6) is 0 Å². The quantitative estimate of drug-likeness (QED) is 0.0199. The summed E-state index contributed by atoms with van der Waals surface area (Å²) in [6, 6.07) is -0.992. The summed E-state index contributed by atoms with van der Waals surface area (Å²) < 4.78 is 34.6. The Kier molecular flexibility index (Phi) is 72.0. The maximum absolute atomic E-state index is 13.5. The second kappa shape index (κ2) is 77.3. The highest BCUT2D eigenvalue weighted by Gasteiger charge is 2.54. The number of carbonyl (C=O) groups is 1. The fraction of sp³-hybridized carbons (Fsp3) is 0.908. The first-order valence-electron chi connectivity index (χ1n) is 49.4. The molecule has 0 aromatic rings. The normalized spacial score (nSPS) is 24.5. The van der Waals surface area contributed by atoms with Crippen molar-refractivity contribution < 1.29 is 89.4 Å². The third-order valence-electron chi connectivity index (χ3n) is 24.6. The van der Waals surface area contributed by atoms with Crippen LogP contribution in [-0.2, 0) is 33.2 Å². The molecule has 0 spiro atoms. The van der Waals surface area contributed by atoms with Crippen molar-refractivity contribution in [3.63, 3.8) is 0 Å². The van der Waals surface area contributed by atoms with E-state index in [4.69, 9.17) is 28.4 Å². The number of hydrogen-bond acceptors (Lipinski definition) is 18. The Morgan fingerprint density at radius 3 is 0.906 bits per heavy atom. The molecule has 1 amide bonds. The Balaban J connectivity index is 1.29. The Hall–Kier alpha value is -2.25. The van der Waals surface area contributed by atoms with Gasteiger partial charge in [-0.15, -0.1) is 0 Å². The molecule has 3 heterocycles. The van der Waals surface area contributed by atoms with Gasteiger partial charge in [0.15, 0.2) is 18.9 Å². The summed E-state index contributed by atoms with van der Waals surface area (Å²) in [5.41, 5.74) is 0. The van der Waals surface area contributed by atoms with Crippen molar-refractivity contribution in [1.82, 2.24) is 5.32 Å². The largest absolute Gasteiger partial charge is 0.394 e. The smallest absolute Gasteiger partial charge is 0.220 e. The molecular weight excluding hydrogens is 1480 g/mol. The molecule has 17 unspecified atom stereocenters. The predicted molar refractivity (Wildman–Crippen MR) is 476 cm³/mol. The third kappa shape index (κ3) is 55.0. The van der Waals surface area contributed by atoms with Crippen LogP contribution >= 0.6 is 0 Å². The number of rotatable bonds is 82. The molecule has 688 valence electrons. The first-order valence-corrected chi connectivity index (χ1v) is 49.4. The summed E-state index contributed by atoms with van der Waals surface area (Å²) in [6.07, 6.45) is 75.9. The van der Waals surface area contributed by atoms with Gasteiger partial charge in [0, 0.05) is 6.42 Å². The number of aliphatic hydroxyl groups excluding tert-OH is 11. The Bertz CT molecular complexity index is 2290. The number of amides is 1. The Morgan fingerprint density at radius 1 is 0.308 bits per heavy atom. The minimum Gasteiger partial charge on any atom is -0.394 e. The Labute approximate surface area is 713 Å². The van der Waals surface area contributed by atoms with Crippen LogP contribution in [-0.4, -0.2) is 193 Å². The van der Waals surface area contributed by atoms with Crippen molar-refractivity contribution in [2.45, 2.75) is 542 Å². The molecule has 0 aliphatic carbocycles. The lowest BCUT2D eigenvalue weighted by molar-refractivity contribution is -0.379. The van der Waals surface area contributed by atoms with Crippen molar-refractivity contribution >= 4 is 5.91 Å². The molecule has 12 N–H and O–H groups in total. The number of allylic oxidation sites excluding steroid dienone is 7. The summed E-state index contributed by atoms with van der Waals surface area (Å²) in [5.74, 6) is -0.276. The van der Waals surface area contributed by atoms with Gasteiger partial charge in [-0.3, -0.25) is 4.79 Å². The van der Waals surface area contributed by atoms with Gasteiger partial charge in [-0.2, -0.15) is 0 Å². The zero-order valence-corrected chi connectivity index (χ0v) is 74.7. The molecule has 0 saturated carbocycles. The van der Waals surface area contributed by atoms with E-state index < -0.39 is 124 Å². The summed E-state index contributed by atoms with van der Waals surface area (Å²) in [4.78, 5) is 13.5. The van der Waals surface area contributed by atoms with E-state index >= 15 is 0 Å². The number of nitrogens with one attached hydrogen (secondary N) is 1. The number of carbonyl (C=O) groups excluding carboxylic acids is 1. The van der Waals surface area contributed by atoms with Crippen LogP contribution in [0.4, 0.5) is 0 Å². The van der Waals surface area contributed by atoms with Gasteiger partial charge in [0.1, 0.15) is 73.2 Å². The molecule has 19 heteroatoms. The van der Waals surface area contributed by atoms with E-state index in [0.29, 0.717) is 12.8 Å². The fourth-order valence-corrected chi connectivity index (χ4v) is 16.8. The maximum Gasteiger partial charge on any atom is 0.220 e. The zero-order valence-electron chi connectivity index (χ0n) is 74.7. The highest BCUT2D eigenvalue weighted by atomic mass is 16.8. The topological polar surface area (TPSA) is 307 Å². The molecule has 3 saturated heterocycles. The minimum atomic E-state index is -1.98. The maximum atomic E-state index is 13.5. The van der Waals surface area contributed by atoms with E-state index in [9.17, 15) is 61.0 Å².